The molecule has 1 spiro atoms. The van der Waals surface area contributed by atoms with Gasteiger partial charge in [-0.2, -0.15) is 0 Å². The molecule has 0 unspecified atom stereocenters. The number of benzene rings is 1. The number of amides is 2. The van der Waals surface area contributed by atoms with Crippen LogP contribution in [0.15, 0.2) is 24.3 Å². The van der Waals surface area contributed by atoms with Gasteiger partial charge in [0.15, 0.2) is 0 Å². The Kier molecular flexibility index (Phi) is 5.81. The minimum Gasteiger partial charge on any atom is -0.449 e. The minimum atomic E-state index is -0.163. The van der Waals surface area contributed by atoms with Crippen LogP contribution in [0.3, 0.4) is 0 Å². The summed E-state index contributed by atoms with van der Waals surface area (Å²) in [5.74, 6) is 0.719. The number of piperidine rings is 1. The van der Waals surface area contributed by atoms with E-state index in [4.69, 9.17) is 4.74 Å². The minimum absolute atomic E-state index is 0.0899. The molecular formula is C23H33N3O3. The van der Waals surface area contributed by atoms with Crippen molar-refractivity contribution < 1.29 is 14.3 Å². The summed E-state index contributed by atoms with van der Waals surface area (Å²) in [5.41, 5.74) is 2.85. The highest BCUT2D eigenvalue weighted by atomic mass is 16.6. The van der Waals surface area contributed by atoms with Gasteiger partial charge in [-0.25, -0.2) is 4.79 Å². The number of likely N-dealkylation sites (tertiary alicyclic amines) is 2. The fourth-order valence-corrected chi connectivity index (χ4v) is 5.18. The lowest BCUT2D eigenvalue weighted by molar-refractivity contribution is -0.131. The van der Waals surface area contributed by atoms with Crippen molar-refractivity contribution >= 4 is 12.0 Å². The molecule has 2 amide bonds. The Hall–Kier alpha value is -2.08. The second kappa shape index (κ2) is 8.34. The molecule has 2 saturated heterocycles. The van der Waals surface area contributed by atoms with E-state index in [0.29, 0.717) is 12.5 Å². The molecule has 1 aromatic rings. The zero-order valence-corrected chi connectivity index (χ0v) is 17.7. The van der Waals surface area contributed by atoms with E-state index in [0.717, 1.165) is 65.1 Å². The Bertz CT molecular complexity index is 751. The van der Waals surface area contributed by atoms with Gasteiger partial charge in [-0.05, 0) is 43.5 Å². The highest BCUT2D eigenvalue weighted by Crippen LogP contribution is 2.42. The van der Waals surface area contributed by atoms with Gasteiger partial charge in [0.05, 0.1) is 6.61 Å². The fraction of sp³-hybridized carbons (Fsp3) is 0.652. The van der Waals surface area contributed by atoms with E-state index in [2.05, 4.69) is 29.2 Å². The summed E-state index contributed by atoms with van der Waals surface area (Å²) in [6, 6.07) is 8.67. The van der Waals surface area contributed by atoms with Gasteiger partial charge in [-0.1, -0.05) is 31.2 Å². The summed E-state index contributed by atoms with van der Waals surface area (Å²) < 4.78 is 5.21. The van der Waals surface area contributed by atoms with E-state index in [-0.39, 0.29) is 17.4 Å². The molecule has 3 heterocycles. The van der Waals surface area contributed by atoms with Gasteiger partial charge in [0.2, 0.25) is 5.91 Å². The average Bonchev–Trinajstić information content (AvgIpc) is 2.70. The second-order valence-corrected chi connectivity index (χ2v) is 9.00. The number of nitrogens with zero attached hydrogens (tertiary/aromatic N) is 3. The van der Waals surface area contributed by atoms with Crippen molar-refractivity contribution in [1.82, 2.24) is 14.7 Å². The lowest BCUT2D eigenvalue weighted by atomic mass is 9.68. The molecule has 0 radical (unpaired) electrons. The Morgan fingerprint density at radius 2 is 1.86 bits per heavy atom. The molecule has 0 atom stereocenters. The SMILES string of the molecule is CCCOC(=O)N1CC(CN2CCC3(CC2)CN(C(C)=O)Cc2ccccc23)C1. The number of rotatable bonds is 4. The lowest BCUT2D eigenvalue weighted by Gasteiger charge is -2.50. The third-order valence-electron chi connectivity index (χ3n) is 6.86. The summed E-state index contributed by atoms with van der Waals surface area (Å²) >= 11 is 0. The molecule has 0 N–H and O–H groups in total. The van der Waals surface area contributed by atoms with Gasteiger partial charge in [0, 0.05) is 51.0 Å². The number of ether oxygens (including phenoxy) is 1. The lowest BCUT2D eigenvalue weighted by Crippen LogP contribution is -2.57. The Labute approximate surface area is 173 Å². The first-order valence-corrected chi connectivity index (χ1v) is 11.0. The van der Waals surface area contributed by atoms with Crippen LogP contribution in [0.4, 0.5) is 4.79 Å². The molecule has 158 valence electrons. The van der Waals surface area contributed by atoms with Crippen molar-refractivity contribution in [2.75, 3.05) is 45.9 Å². The van der Waals surface area contributed by atoms with Crippen LogP contribution in [-0.2, 0) is 21.5 Å². The van der Waals surface area contributed by atoms with Gasteiger partial charge in [-0.3, -0.25) is 4.79 Å². The normalized spacial score (nSPS) is 21.6. The fourth-order valence-electron chi connectivity index (χ4n) is 5.18. The smallest absolute Gasteiger partial charge is 0.409 e. The topological polar surface area (TPSA) is 53.1 Å². The quantitative estimate of drug-likeness (QED) is 0.781. The van der Waals surface area contributed by atoms with Crippen molar-refractivity contribution in [1.29, 1.82) is 0 Å². The summed E-state index contributed by atoms with van der Waals surface area (Å²) in [4.78, 5) is 30.4. The molecule has 4 rings (SSSR count). The number of carbonyl (C=O) groups is 2. The molecule has 6 nitrogen and oxygen atoms in total. The van der Waals surface area contributed by atoms with Crippen LogP contribution in [0.2, 0.25) is 0 Å². The van der Waals surface area contributed by atoms with Crippen molar-refractivity contribution in [3.63, 3.8) is 0 Å². The average molecular weight is 400 g/mol. The monoisotopic (exact) mass is 399 g/mol. The molecule has 0 aliphatic carbocycles. The van der Waals surface area contributed by atoms with Gasteiger partial charge >= 0.3 is 6.09 Å². The molecule has 29 heavy (non-hydrogen) atoms. The molecule has 2 fully saturated rings. The van der Waals surface area contributed by atoms with E-state index < -0.39 is 0 Å². The Morgan fingerprint density at radius 3 is 2.55 bits per heavy atom. The number of fused-ring (bicyclic) bond motifs is 2. The molecule has 0 saturated carbocycles. The van der Waals surface area contributed by atoms with E-state index >= 15 is 0 Å². The van der Waals surface area contributed by atoms with E-state index in [1.165, 1.54) is 11.1 Å². The molecule has 0 bridgehead atoms. The van der Waals surface area contributed by atoms with Crippen LogP contribution in [0.25, 0.3) is 0 Å². The maximum atomic E-state index is 12.1. The van der Waals surface area contributed by atoms with Gasteiger partial charge < -0.3 is 19.4 Å². The Morgan fingerprint density at radius 1 is 1.14 bits per heavy atom. The Balaban J connectivity index is 1.33. The van der Waals surface area contributed by atoms with Crippen molar-refractivity contribution in [2.24, 2.45) is 5.92 Å². The largest absolute Gasteiger partial charge is 0.449 e. The highest BCUT2D eigenvalue weighted by molar-refractivity contribution is 5.74. The number of hydrogen-bond donors (Lipinski definition) is 0. The molecular weight excluding hydrogens is 366 g/mol. The van der Waals surface area contributed by atoms with Gasteiger partial charge in [-0.15, -0.1) is 0 Å². The summed E-state index contributed by atoms with van der Waals surface area (Å²) in [5, 5.41) is 0. The summed E-state index contributed by atoms with van der Waals surface area (Å²) in [6.45, 7) is 10.6. The van der Waals surface area contributed by atoms with Crippen molar-refractivity contribution in [3.8, 4) is 0 Å². The van der Waals surface area contributed by atoms with Gasteiger partial charge in [0.25, 0.3) is 0 Å². The third-order valence-corrected chi connectivity index (χ3v) is 6.86. The standard InChI is InChI=1S/C23H33N3O3/c1-3-12-29-22(28)25-14-19(15-25)13-24-10-8-23(9-11-24)17-26(18(2)27)16-20-6-4-5-7-21(20)23/h4-7,19H,3,8-17H2,1-2H3. The van der Waals surface area contributed by atoms with E-state index in [1.54, 1.807) is 6.92 Å². The van der Waals surface area contributed by atoms with Crippen LogP contribution >= 0.6 is 0 Å². The van der Waals surface area contributed by atoms with Crippen molar-refractivity contribution in [3.05, 3.63) is 35.4 Å². The first-order valence-electron chi connectivity index (χ1n) is 11.0. The summed E-state index contributed by atoms with van der Waals surface area (Å²) in [6.07, 6.45) is 2.87. The molecule has 3 aliphatic rings. The first-order chi connectivity index (χ1) is 14.0. The molecule has 6 heteroatoms. The molecule has 3 aliphatic heterocycles. The highest BCUT2D eigenvalue weighted by Gasteiger charge is 2.43. The van der Waals surface area contributed by atoms with E-state index in [1.807, 2.05) is 16.7 Å². The van der Waals surface area contributed by atoms with Crippen LogP contribution in [-0.4, -0.2) is 72.6 Å². The van der Waals surface area contributed by atoms with Gasteiger partial charge in [0.1, 0.15) is 0 Å². The zero-order valence-electron chi connectivity index (χ0n) is 17.7. The maximum absolute atomic E-state index is 12.1. The van der Waals surface area contributed by atoms with Crippen molar-refractivity contribution in [2.45, 2.75) is 45.1 Å². The number of carbonyl (C=O) groups excluding carboxylic acids is 2. The van der Waals surface area contributed by atoms with Crippen LogP contribution in [0, 0.1) is 5.92 Å². The zero-order chi connectivity index (χ0) is 20.4. The predicted octanol–water partition coefficient (Wildman–Crippen LogP) is 2.86. The first kappa shape index (κ1) is 20.2. The molecule has 1 aromatic carbocycles. The van der Waals surface area contributed by atoms with Crippen LogP contribution in [0.1, 0.15) is 44.2 Å². The van der Waals surface area contributed by atoms with Crippen LogP contribution < -0.4 is 0 Å². The molecule has 0 aromatic heterocycles. The maximum Gasteiger partial charge on any atom is 0.409 e. The number of hydrogen-bond acceptors (Lipinski definition) is 4. The summed E-state index contributed by atoms with van der Waals surface area (Å²) in [7, 11) is 0. The second-order valence-electron chi connectivity index (χ2n) is 9.00. The predicted molar refractivity (Wildman–Crippen MR) is 112 cm³/mol. The van der Waals surface area contributed by atoms with Crippen LogP contribution in [0.5, 0.6) is 0 Å². The third kappa shape index (κ3) is 4.13. The van der Waals surface area contributed by atoms with E-state index in [9.17, 15) is 9.59 Å².